The van der Waals surface area contributed by atoms with Gasteiger partial charge in [-0.1, -0.05) is 102 Å². The summed E-state index contributed by atoms with van der Waals surface area (Å²) in [7, 11) is 0. The molecule has 5 aromatic carbocycles. The summed E-state index contributed by atoms with van der Waals surface area (Å²) in [5.74, 6) is 2.48. The number of hydrogen-bond acceptors (Lipinski definition) is 4. The minimum Gasteiger partial charge on any atom is -0.457 e. The molecule has 0 aliphatic carbocycles. The van der Waals surface area contributed by atoms with Gasteiger partial charge in [0.25, 0.3) is 0 Å². The zero-order chi connectivity index (χ0) is 37.1. The fraction of sp³-hybridized carbons (Fsp3) is 0.229. The van der Waals surface area contributed by atoms with Crippen molar-refractivity contribution in [1.29, 1.82) is 0 Å². The van der Waals surface area contributed by atoms with Gasteiger partial charge in [0.05, 0.1) is 23.4 Å². The number of anilines is 2. The molecule has 0 spiro atoms. The van der Waals surface area contributed by atoms with E-state index in [4.69, 9.17) is 9.72 Å². The molecule has 1 aliphatic rings. The van der Waals surface area contributed by atoms with Crippen molar-refractivity contribution in [2.24, 2.45) is 0 Å². The van der Waals surface area contributed by atoms with Crippen molar-refractivity contribution < 1.29 is 4.74 Å². The summed E-state index contributed by atoms with van der Waals surface area (Å²) in [5, 5.41) is 2.36. The number of benzene rings is 5. The Morgan fingerprint density at radius 1 is 0.566 bits per heavy atom. The van der Waals surface area contributed by atoms with Crippen molar-refractivity contribution in [3.63, 3.8) is 0 Å². The van der Waals surface area contributed by atoms with Crippen molar-refractivity contribution in [3.05, 3.63) is 156 Å². The maximum absolute atomic E-state index is 6.66. The Labute approximate surface area is 313 Å². The Morgan fingerprint density at radius 3 is 2.02 bits per heavy atom. The van der Waals surface area contributed by atoms with E-state index in [1.165, 1.54) is 50.1 Å². The smallest absolute Gasteiger partial charge is 0.137 e. The zero-order valence-corrected chi connectivity index (χ0v) is 32.1. The Bertz CT molecular complexity index is 2510. The van der Waals surface area contributed by atoms with E-state index in [0.29, 0.717) is 6.67 Å². The lowest BCUT2D eigenvalue weighted by Gasteiger charge is -2.28. The van der Waals surface area contributed by atoms with Gasteiger partial charge in [0.15, 0.2) is 0 Å². The molecule has 0 saturated carbocycles. The van der Waals surface area contributed by atoms with E-state index in [0.717, 1.165) is 34.0 Å². The Kier molecular flexibility index (Phi) is 8.41. The van der Waals surface area contributed by atoms with Crippen LogP contribution in [0.3, 0.4) is 0 Å². The van der Waals surface area contributed by atoms with Gasteiger partial charge >= 0.3 is 0 Å². The molecular formula is C48H48N4O. The van der Waals surface area contributed by atoms with Gasteiger partial charge in [0, 0.05) is 51.7 Å². The summed E-state index contributed by atoms with van der Waals surface area (Å²) in [5.41, 5.74) is 12.0. The van der Waals surface area contributed by atoms with Crippen LogP contribution in [0.2, 0.25) is 0 Å². The number of hydrogen-bond donors (Lipinski definition) is 0. The SMILES string of the molecule is CC1=C(C)N(c2ccc(C(C)(C)C)cc2-c2ccccc2)CN1c1cccc(Oc2ccc3c4ccccc4n(-c4cc(C(C)(C)C)ccn4)c3c2)c1. The molecule has 0 atom stereocenters. The average molecular weight is 697 g/mol. The van der Waals surface area contributed by atoms with Crippen molar-refractivity contribution in [3.8, 4) is 28.4 Å². The summed E-state index contributed by atoms with van der Waals surface area (Å²) >= 11 is 0. The van der Waals surface area contributed by atoms with Crippen LogP contribution in [0.5, 0.6) is 11.5 Å². The Hall–Kier alpha value is -5.81. The summed E-state index contributed by atoms with van der Waals surface area (Å²) in [4.78, 5) is 9.67. The number of allylic oxidation sites excluding steroid dienone is 2. The van der Waals surface area contributed by atoms with E-state index < -0.39 is 0 Å². The van der Waals surface area contributed by atoms with Crippen LogP contribution in [0.15, 0.2) is 145 Å². The van der Waals surface area contributed by atoms with Crippen LogP contribution in [0, 0.1) is 0 Å². The second-order valence-corrected chi connectivity index (χ2v) is 16.3. The number of rotatable bonds is 6. The molecule has 2 aromatic heterocycles. The van der Waals surface area contributed by atoms with Crippen LogP contribution < -0.4 is 14.5 Å². The minimum atomic E-state index is 0.00919. The quantitative estimate of drug-likeness (QED) is 0.173. The molecule has 7 aromatic rings. The van der Waals surface area contributed by atoms with E-state index >= 15 is 0 Å². The molecule has 5 heteroatoms. The maximum atomic E-state index is 6.66. The lowest BCUT2D eigenvalue weighted by atomic mass is 9.85. The molecule has 0 amide bonds. The van der Waals surface area contributed by atoms with E-state index in [1.807, 2.05) is 12.3 Å². The molecule has 8 rings (SSSR count). The highest BCUT2D eigenvalue weighted by Gasteiger charge is 2.29. The number of ether oxygens (including phenoxy) is 1. The number of aromatic nitrogens is 2. The van der Waals surface area contributed by atoms with E-state index in [1.54, 1.807) is 0 Å². The van der Waals surface area contributed by atoms with Crippen molar-refractivity contribution in [2.75, 3.05) is 16.5 Å². The Balaban J connectivity index is 1.12. The molecule has 1 aliphatic heterocycles. The average Bonchev–Trinajstić information content (AvgIpc) is 3.64. The Morgan fingerprint density at radius 2 is 1.25 bits per heavy atom. The molecule has 0 bridgehead atoms. The molecule has 5 nitrogen and oxygen atoms in total. The first-order chi connectivity index (χ1) is 25.4. The highest BCUT2D eigenvalue weighted by molar-refractivity contribution is 6.09. The third-order valence-corrected chi connectivity index (χ3v) is 10.7. The molecular weight excluding hydrogens is 649 g/mol. The van der Waals surface area contributed by atoms with Crippen molar-refractivity contribution in [2.45, 2.75) is 66.2 Å². The van der Waals surface area contributed by atoms with Crippen LogP contribution in [0.1, 0.15) is 66.5 Å². The first-order valence-corrected chi connectivity index (χ1v) is 18.6. The fourth-order valence-corrected chi connectivity index (χ4v) is 7.48. The van der Waals surface area contributed by atoms with E-state index in [2.05, 4.69) is 191 Å². The topological polar surface area (TPSA) is 33.5 Å². The molecule has 0 fully saturated rings. The monoisotopic (exact) mass is 696 g/mol. The molecule has 3 heterocycles. The molecule has 0 N–H and O–H groups in total. The normalized spacial score (nSPS) is 13.8. The summed E-state index contributed by atoms with van der Waals surface area (Å²) in [6.45, 7) is 18.7. The van der Waals surface area contributed by atoms with Gasteiger partial charge in [0.1, 0.15) is 17.3 Å². The van der Waals surface area contributed by atoms with Gasteiger partial charge < -0.3 is 14.5 Å². The second-order valence-electron chi connectivity index (χ2n) is 16.3. The minimum absolute atomic E-state index is 0.00919. The van der Waals surface area contributed by atoms with Crippen LogP contribution in [-0.2, 0) is 10.8 Å². The van der Waals surface area contributed by atoms with Gasteiger partial charge in [-0.2, -0.15) is 0 Å². The van der Waals surface area contributed by atoms with Crippen molar-refractivity contribution >= 4 is 33.2 Å². The van der Waals surface area contributed by atoms with Gasteiger partial charge in [-0.25, -0.2) is 4.98 Å². The number of fused-ring (bicyclic) bond motifs is 3. The predicted octanol–water partition coefficient (Wildman–Crippen LogP) is 12.8. The number of nitrogens with zero attached hydrogens (tertiary/aromatic N) is 4. The summed E-state index contributed by atoms with van der Waals surface area (Å²) < 4.78 is 8.92. The third kappa shape index (κ3) is 6.35. The molecule has 266 valence electrons. The van der Waals surface area contributed by atoms with Crippen LogP contribution in [0.25, 0.3) is 38.8 Å². The molecule has 0 unspecified atom stereocenters. The summed E-state index contributed by atoms with van der Waals surface area (Å²) in [6, 6.07) is 45.4. The maximum Gasteiger partial charge on any atom is 0.137 e. The van der Waals surface area contributed by atoms with Crippen LogP contribution in [0.4, 0.5) is 11.4 Å². The molecule has 53 heavy (non-hydrogen) atoms. The van der Waals surface area contributed by atoms with E-state index in [9.17, 15) is 0 Å². The first-order valence-electron chi connectivity index (χ1n) is 18.6. The highest BCUT2D eigenvalue weighted by Crippen LogP contribution is 2.42. The fourth-order valence-electron chi connectivity index (χ4n) is 7.48. The van der Waals surface area contributed by atoms with Gasteiger partial charge in [-0.05, 0) is 96.0 Å². The number of para-hydroxylation sites is 1. The lowest BCUT2D eigenvalue weighted by Crippen LogP contribution is -2.27. The standard InChI is InChI=1S/C48H48N4O/c1-32-33(2)51(43-24-21-35(47(3,4)5)27-42(43)34-15-10-9-11-16-34)31-50(32)37-17-14-18-38(29-37)53-39-22-23-41-40-19-12-13-20-44(40)52(45(41)30-39)46-28-36(25-26-49-46)48(6,7)8/h9-30H,31H2,1-8H3. The first kappa shape index (κ1) is 34.3. The van der Waals surface area contributed by atoms with Gasteiger partial charge in [0.2, 0.25) is 0 Å². The highest BCUT2D eigenvalue weighted by atomic mass is 16.5. The zero-order valence-electron chi connectivity index (χ0n) is 32.1. The van der Waals surface area contributed by atoms with Gasteiger partial charge in [-0.3, -0.25) is 4.57 Å². The van der Waals surface area contributed by atoms with Crippen molar-refractivity contribution in [1.82, 2.24) is 9.55 Å². The molecule has 0 radical (unpaired) electrons. The number of pyridine rings is 1. The largest absolute Gasteiger partial charge is 0.457 e. The van der Waals surface area contributed by atoms with Crippen LogP contribution >= 0.6 is 0 Å². The predicted molar refractivity (Wildman–Crippen MR) is 223 cm³/mol. The lowest BCUT2D eigenvalue weighted by molar-refractivity contribution is 0.483. The third-order valence-electron chi connectivity index (χ3n) is 10.7. The second kappa shape index (κ2) is 13.0. The van der Waals surface area contributed by atoms with E-state index in [-0.39, 0.29) is 10.8 Å². The summed E-state index contributed by atoms with van der Waals surface area (Å²) in [6.07, 6.45) is 1.92. The molecule has 0 saturated heterocycles. The van der Waals surface area contributed by atoms with Crippen LogP contribution in [-0.4, -0.2) is 16.2 Å². The van der Waals surface area contributed by atoms with Gasteiger partial charge in [-0.15, -0.1) is 0 Å².